The summed E-state index contributed by atoms with van der Waals surface area (Å²) in [5, 5.41) is 11.4. The Morgan fingerprint density at radius 3 is 0.983 bits per heavy atom. The van der Waals surface area contributed by atoms with Crippen LogP contribution in [0.4, 0.5) is 0 Å². The van der Waals surface area contributed by atoms with E-state index in [1.165, 1.54) is 21.5 Å². The molecule has 0 unspecified atom stereocenters. The van der Waals surface area contributed by atoms with Crippen molar-refractivity contribution in [1.82, 2.24) is 19.9 Å². The summed E-state index contributed by atoms with van der Waals surface area (Å²) < 4.78 is 0. The zero-order chi connectivity index (χ0) is 38.2. The van der Waals surface area contributed by atoms with Crippen molar-refractivity contribution in [3.05, 3.63) is 194 Å². The lowest BCUT2D eigenvalue weighted by Gasteiger charge is -2.11. The van der Waals surface area contributed by atoms with E-state index in [-0.39, 0.29) is 0 Å². The van der Waals surface area contributed by atoms with Crippen LogP contribution in [0.2, 0.25) is 0 Å². The van der Waals surface area contributed by atoms with Gasteiger partial charge in [-0.05, 0) is 68.7 Å². The van der Waals surface area contributed by atoms with E-state index in [1.807, 2.05) is 0 Å². The quantitative estimate of drug-likeness (QED) is 0.169. The van der Waals surface area contributed by atoms with Gasteiger partial charge in [-0.3, -0.25) is 0 Å². The second-order valence-corrected chi connectivity index (χ2v) is 15.0. The fourth-order valence-corrected chi connectivity index (χ4v) is 8.62. The van der Waals surface area contributed by atoms with Gasteiger partial charge in [0.1, 0.15) is 0 Å². The van der Waals surface area contributed by atoms with Crippen LogP contribution in [-0.4, -0.2) is 19.9 Å². The lowest BCUT2D eigenvalue weighted by molar-refractivity contribution is 1.37. The van der Waals surface area contributed by atoms with Gasteiger partial charge in [-0.25, -0.2) is 19.9 Å². The topological polar surface area (TPSA) is 51.6 Å². The Morgan fingerprint density at radius 2 is 0.552 bits per heavy atom. The molecule has 12 rings (SSSR count). The largest absolute Gasteiger partial charge is 0.245 e. The van der Waals surface area contributed by atoms with Crippen LogP contribution in [0.15, 0.2) is 194 Å². The van der Waals surface area contributed by atoms with Gasteiger partial charge in [0, 0.05) is 43.8 Å². The smallest absolute Gasteiger partial charge is 0.0972 e. The second-order valence-electron chi connectivity index (χ2n) is 15.0. The van der Waals surface area contributed by atoms with E-state index in [2.05, 4.69) is 194 Å². The molecule has 268 valence electrons. The molecule has 4 aromatic heterocycles. The molecular formula is C54H32N4. The molecule has 0 atom stereocenters. The Hall–Kier alpha value is -7.82. The maximum Gasteiger partial charge on any atom is 0.0972 e. The fourth-order valence-electron chi connectivity index (χ4n) is 8.62. The highest BCUT2D eigenvalue weighted by atomic mass is 14.8. The molecule has 0 bridgehead atoms. The number of aromatic nitrogens is 4. The number of pyridine rings is 4. The first kappa shape index (κ1) is 32.4. The van der Waals surface area contributed by atoms with E-state index >= 15 is 0 Å². The fraction of sp³-hybridized carbons (Fsp3) is 0. The Morgan fingerprint density at radius 1 is 0.224 bits per heavy atom. The van der Waals surface area contributed by atoms with Crippen molar-refractivity contribution in [2.75, 3.05) is 0 Å². The van der Waals surface area contributed by atoms with E-state index in [9.17, 15) is 0 Å². The summed E-state index contributed by atoms with van der Waals surface area (Å²) in [6, 6.07) is 68.6. The molecule has 4 nitrogen and oxygen atoms in total. The zero-order valence-corrected chi connectivity index (χ0v) is 31.3. The molecule has 8 aromatic carbocycles. The minimum Gasteiger partial charge on any atom is -0.245 e. The van der Waals surface area contributed by atoms with Gasteiger partial charge in [-0.1, -0.05) is 158 Å². The number of fused-ring (bicyclic) bond motifs is 9. The van der Waals surface area contributed by atoms with Crippen LogP contribution in [0.5, 0.6) is 0 Å². The molecular weight excluding hydrogens is 705 g/mol. The molecule has 0 fully saturated rings. The summed E-state index contributed by atoms with van der Waals surface area (Å²) in [7, 11) is 0. The molecule has 0 saturated carbocycles. The van der Waals surface area contributed by atoms with Crippen molar-refractivity contribution in [3.63, 3.8) is 0 Å². The maximum absolute atomic E-state index is 5.26. The van der Waals surface area contributed by atoms with E-state index in [4.69, 9.17) is 19.9 Å². The number of hydrogen-bond donors (Lipinski definition) is 0. The monoisotopic (exact) mass is 736 g/mol. The third kappa shape index (κ3) is 5.31. The van der Waals surface area contributed by atoms with Gasteiger partial charge in [0.05, 0.1) is 44.8 Å². The van der Waals surface area contributed by atoms with Crippen LogP contribution in [0.25, 0.3) is 121 Å². The van der Waals surface area contributed by atoms with E-state index in [0.29, 0.717) is 0 Å². The lowest BCUT2D eigenvalue weighted by Crippen LogP contribution is -1.92. The normalized spacial score (nSPS) is 11.8. The molecule has 4 heteroatoms. The summed E-state index contributed by atoms with van der Waals surface area (Å²) >= 11 is 0. The van der Waals surface area contributed by atoms with Gasteiger partial charge < -0.3 is 0 Å². The summed E-state index contributed by atoms with van der Waals surface area (Å²) in [6.45, 7) is 0. The predicted octanol–water partition coefficient (Wildman–Crippen LogP) is 14.0. The van der Waals surface area contributed by atoms with Gasteiger partial charge in [-0.15, -0.1) is 0 Å². The molecule has 0 aliphatic heterocycles. The van der Waals surface area contributed by atoms with Crippen LogP contribution < -0.4 is 0 Å². The highest BCUT2D eigenvalue weighted by molar-refractivity contribution is 6.07. The molecule has 58 heavy (non-hydrogen) atoms. The minimum absolute atomic E-state index is 0.904. The first-order chi connectivity index (χ1) is 28.7. The minimum atomic E-state index is 0.904. The third-order valence-electron chi connectivity index (χ3n) is 11.6. The zero-order valence-electron chi connectivity index (χ0n) is 31.3. The maximum atomic E-state index is 5.26. The third-order valence-corrected chi connectivity index (χ3v) is 11.6. The number of hydrogen-bond acceptors (Lipinski definition) is 4. The highest BCUT2D eigenvalue weighted by Gasteiger charge is 2.13. The van der Waals surface area contributed by atoms with E-state index < -0.39 is 0 Å². The van der Waals surface area contributed by atoms with Gasteiger partial charge in [0.2, 0.25) is 0 Å². The van der Waals surface area contributed by atoms with Crippen LogP contribution in [0.1, 0.15) is 0 Å². The Balaban J connectivity index is 0.915. The van der Waals surface area contributed by atoms with Crippen molar-refractivity contribution in [2.45, 2.75) is 0 Å². The van der Waals surface area contributed by atoms with Crippen molar-refractivity contribution in [1.29, 1.82) is 0 Å². The summed E-state index contributed by atoms with van der Waals surface area (Å²) in [5.41, 5.74) is 11.7. The van der Waals surface area contributed by atoms with Gasteiger partial charge >= 0.3 is 0 Å². The van der Waals surface area contributed by atoms with Crippen LogP contribution in [0.3, 0.4) is 0 Å². The molecule has 0 aliphatic rings. The Bertz CT molecular complexity index is 3390. The van der Waals surface area contributed by atoms with Gasteiger partial charge in [-0.2, -0.15) is 0 Å². The first-order valence-electron chi connectivity index (χ1n) is 19.6. The average Bonchev–Trinajstić information content (AvgIpc) is 3.30. The SMILES string of the molecule is c1ccc2c(-c3ccc4ccc5ccc(-c6ccc7cc(-c8ccc9ccc%10ccc(-c%11cccc%12ccccc%11%12)nc%10c9n8)ccc7c6)nc5c4n3)cccc2c1. The molecule has 0 N–H and O–H groups in total. The molecule has 0 saturated heterocycles. The second kappa shape index (κ2) is 12.9. The van der Waals surface area contributed by atoms with Crippen LogP contribution in [0, 0.1) is 0 Å². The molecule has 4 heterocycles. The number of rotatable bonds is 4. The van der Waals surface area contributed by atoms with Crippen molar-refractivity contribution in [2.24, 2.45) is 0 Å². The highest BCUT2D eigenvalue weighted by Crippen LogP contribution is 2.35. The Labute approximate surface area is 333 Å². The van der Waals surface area contributed by atoms with Gasteiger partial charge in [0.25, 0.3) is 0 Å². The standard InChI is InChI=1S/C54H32N4/c1-3-11-43-33(7-1)9-5-13-45(43)49-29-25-37-17-15-35-23-27-47(55-51(35)53(37)57-49)41-21-19-40-32-42(22-20-39(40)31-41)48-28-24-36-16-18-38-26-30-50(58-54(38)52(36)56-48)46-14-6-10-34-8-2-4-12-44(34)46/h1-32H. The van der Waals surface area contributed by atoms with Crippen molar-refractivity contribution in [3.8, 4) is 45.0 Å². The van der Waals surface area contributed by atoms with Crippen molar-refractivity contribution < 1.29 is 0 Å². The summed E-state index contributed by atoms with van der Waals surface area (Å²) in [5.74, 6) is 0. The Kier molecular flexibility index (Phi) is 7.20. The molecule has 0 amide bonds. The van der Waals surface area contributed by atoms with Crippen LogP contribution >= 0.6 is 0 Å². The van der Waals surface area contributed by atoms with E-state index in [1.54, 1.807) is 0 Å². The molecule has 0 aliphatic carbocycles. The predicted molar refractivity (Wildman–Crippen MR) is 242 cm³/mol. The molecule has 0 spiro atoms. The van der Waals surface area contributed by atoms with E-state index in [0.717, 1.165) is 99.4 Å². The van der Waals surface area contributed by atoms with Crippen molar-refractivity contribution >= 4 is 75.9 Å². The lowest BCUT2D eigenvalue weighted by atomic mass is 9.99. The first-order valence-corrected chi connectivity index (χ1v) is 19.6. The molecule has 12 aromatic rings. The van der Waals surface area contributed by atoms with Crippen LogP contribution in [-0.2, 0) is 0 Å². The average molecular weight is 737 g/mol. The van der Waals surface area contributed by atoms with Gasteiger partial charge in [0.15, 0.2) is 0 Å². The number of benzene rings is 8. The molecule has 0 radical (unpaired) electrons. The summed E-state index contributed by atoms with van der Waals surface area (Å²) in [6.07, 6.45) is 0. The summed E-state index contributed by atoms with van der Waals surface area (Å²) in [4.78, 5) is 21.0. The number of nitrogens with zero attached hydrogens (tertiary/aromatic N) is 4.